The van der Waals surface area contributed by atoms with Gasteiger partial charge < -0.3 is 23.8 Å². The number of anilines is 1. The fraction of sp³-hybridized carbons (Fsp3) is 0.526. The van der Waals surface area contributed by atoms with Crippen LogP contribution in [0, 0.1) is 17.8 Å². The summed E-state index contributed by atoms with van der Waals surface area (Å²) in [5.74, 6) is -0.522. The Morgan fingerprint density at radius 3 is 2.64 bits per heavy atom. The Bertz CT molecular complexity index is 2050. The predicted octanol–water partition coefficient (Wildman–Crippen LogP) is 5.17. The van der Waals surface area contributed by atoms with Gasteiger partial charge in [-0.2, -0.15) is 0 Å². The smallest absolute Gasteiger partial charge is 0.305 e. The number of methoxy groups -OCH3 is 3. The molecule has 1 spiro atoms. The summed E-state index contributed by atoms with van der Waals surface area (Å²) >= 11 is 6.45. The topological polar surface area (TPSA) is 146 Å². The van der Waals surface area contributed by atoms with E-state index in [1.54, 1.807) is 33.4 Å². The van der Waals surface area contributed by atoms with Crippen molar-refractivity contribution in [1.82, 2.24) is 19.5 Å². The van der Waals surface area contributed by atoms with Gasteiger partial charge in [-0.3, -0.25) is 19.0 Å². The van der Waals surface area contributed by atoms with Gasteiger partial charge in [-0.15, -0.1) is 9.46 Å². The number of halogens is 1. The standard InChI is InChI=1S/C38H47ClN6O7S/c1-23-20-53(48,42-35(46)28-19-44(2)41-37(28)51-5)43-36(47)30-12-13-33-34(40-30)45(18-25-8-10-27(25)32(50-4)15-14-31(23)49-3)21-38(22-52-33)16-6-7-24-17-26(39)9-11-29(24)38/h9,11-15,17,19,23,25,27,31-32H,6-8,10,16,18,20-22H2,1-5H3,(H,42,43,46,47,48)/b15-14+/t23-,25+,27-,31+,32+,38+,53?/m1/s1. The Morgan fingerprint density at radius 2 is 1.91 bits per heavy atom. The fourth-order valence-corrected chi connectivity index (χ4v) is 10.5. The van der Waals surface area contributed by atoms with E-state index < -0.39 is 33.8 Å². The van der Waals surface area contributed by atoms with Crippen LogP contribution in [-0.2, 0) is 38.3 Å². The van der Waals surface area contributed by atoms with Crippen molar-refractivity contribution >= 4 is 39.1 Å². The van der Waals surface area contributed by atoms with E-state index in [4.69, 9.17) is 35.5 Å². The van der Waals surface area contributed by atoms with Crippen molar-refractivity contribution in [3.05, 3.63) is 76.1 Å². The summed E-state index contributed by atoms with van der Waals surface area (Å²) in [6.45, 7) is 3.58. The Kier molecular flexibility index (Phi) is 10.6. The van der Waals surface area contributed by atoms with Crippen LogP contribution in [-0.4, -0.2) is 89.8 Å². The lowest BCUT2D eigenvalue weighted by molar-refractivity contribution is 0.0119. The highest BCUT2D eigenvalue weighted by atomic mass is 35.5. The molecule has 2 aliphatic heterocycles. The van der Waals surface area contributed by atoms with Gasteiger partial charge in [0.25, 0.3) is 5.91 Å². The van der Waals surface area contributed by atoms with Crippen LogP contribution >= 0.6 is 11.6 Å². The zero-order valence-electron chi connectivity index (χ0n) is 30.7. The van der Waals surface area contributed by atoms with Gasteiger partial charge in [0.2, 0.25) is 5.88 Å². The molecule has 7 atom stereocenters. The lowest BCUT2D eigenvalue weighted by Gasteiger charge is -2.45. The summed E-state index contributed by atoms with van der Waals surface area (Å²) in [6.07, 6.45) is 9.57. The van der Waals surface area contributed by atoms with Crippen molar-refractivity contribution in [3.8, 4) is 11.6 Å². The van der Waals surface area contributed by atoms with Gasteiger partial charge in [-0.05, 0) is 85.3 Å². The summed E-state index contributed by atoms with van der Waals surface area (Å²) in [7, 11) is 2.56. The van der Waals surface area contributed by atoms with Crippen LogP contribution in [0.2, 0.25) is 5.02 Å². The molecular weight excluding hydrogens is 720 g/mol. The number of pyridine rings is 1. The van der Waals surface area contributed by atoms with E-state index in [2.05, 4.69) is 31.2 Å². The summed E-state index contributed by atoms with van der Waals surface area (Å²) in [6, 6.07) is 9.43. The van der Waals surface area contributed by atoms with Crippen LogP contribution in [0.1, 0.15) is 64.6 Å². The van der Waals surface area contributed by atoms with Crippen molar-refractivity contribution in [2.45, 2.75) is 56.7 Å². The van der Waals surface area contributed by atoms with Gasteiger partial charge in [0.15, 0.2) is 11.6 Å². The van der Waals surface area contributed by atoms with Crippen LogP contribution in [0.15, 0.2) is 53.0 Å². The first-order valence-corrected chi connectivity index (χ1v) is 20.1. The van der Waals surface area contributed by atoms with Crippen molar-refractivity contribution in [1.29, 1.82) is 0 Å². The Labute approximate surface area is 315 Å². The Morgan fingerprint density at radius 1 is 1.11 bits per heavy atom. The van der Waals surface area contributed by atoms with E-state index >= 15 is 0 Å². The van der Waals surface area contributed by atoms with Crippen molar-refractivity contribution in [2.75, 3.05) is 51.7 Å². The van der Waals surface area contributed by atoms with E-state index in [-0.39, 0.29) is 46.2 Å². The number of carbonyl (C=O) groups excluding carboxylic acids is 2. The minimum atomic E-state index is -3.76. The molecule has 0 radical (unpaired) electrons. The molecule has 1 fully saturated rings. The normalized spacial score (nSPS) is 30.5. The third-order valence-electron chi connectivity index (χ3n) is 11.2. The predicted molar refractivity (Wildman–Crippen MR) is 201 cm³/mol. The first kappa shape index (κ1) is 37.3. The number of amides is 2. The average Bonchev–Trinajstić information content (AvgIpc) is 3.44. The average molecular weight is 767 g/mol. The molecule has 0 saturated heterocycles. The quantitative estimate of drug-likeness (QED) is 0.346. The molecule has 3 aromatic rings. The number of fused-ring (bicyclic) bond motifs is 4. The summed E-state index contributed by atoms with van der Waals surface area (Å²) in [4.78, 5) is 34.8. The molecule has 53 heavy (non-hydrogen) atoms. The maximum atomic E-state index is 14.7. The molecule has 2 aliphatic carbocycles. The Balaban J connectivity index is 1.33. The second-order valence-corrected chi connectivity index (χ2v) is 17.2. The highest BCUT2D eigenvalue weighted by Crippen LogP contribution is 2.46. The number of aryl methyl sites for hydroxylation is 2. The molecule has 284 valence electrons. The van der Waals surface area contributed by atoms with Crippen LogP contribution in [0.4, 0.5) is 5.82 Å². The lowest BCUT2D eigenvalue weighted by atomic mass is 9.68. The van der Waals surface area contributed by atoms with E-state index in [1.807, 2.05) is 25.1 Å². The van der Waals surface area contributed by atoms with Crippen molar-refractivity contribution in [2.24, 2.45) is 29.2 Å². The molecule has 4 heterocycles. The second kappa shape index (κ2) is 15.0. The van der Waals surface area contributed by atoms with Crippen LogP contribution < -0.4 is 19.1 Å². The molecule has 2 bridgehead atoms. The zero-order valence-corrected chi connectivity index (χ0v) is 32.3. The van der Waals surface area contributed by atoms with Gasteiger partial charge in [0, 0.05) is 51.0 Å². The molecule has 1 N–H and O–H groups in total. The molecule has 1 unspecified atom stereocenters. The molecular formula is C38H47ClN6O7S. The lowest BCUT2D eigenvalue weighted by Crippen LogP contribution is -2.49. The van der Waals surface area contributed by atoms with E-state index in [0.717, 1.165) is 32.1 Å². The van der Waals surface area contributed by atoms with Crippen LogP contribution in [0.5, 0.6) is 11.6 Å². The molecule has 1 saturated carbocycles. The van der Waals surface area contributed by atoms with E-state index in [9.17, 15) is 13.8 Å². The second-order valence-electron chi connectivity index (χ2n) is 14.7. The molecule has 2 aromatic heterocycles. The number of nitrogens with zero attached hydrogens (tertiary/aromatic N) is 5. The number of ether oxygens (including phenoxy) is 4. The molecule has 15 heteroatoms. The van der Waals surface area contributed by atoms with Crippen molar-refractivity contribution < 1.29 is 32.7 Å². The zero-order chi connectivity index (χ0) is 37.5. The summed E-state index contributed by atoms with van der Waals surface area (Å²) < 4.78 is 46.7. The van der Waals surface area contributed by atoms with Gasteiger partial charge in [0.05, 0.1) is 31.7 Å². The summed E-state index contributed by atoms with van der Waals surface area (Å²) in [5.41, 5.74) is 2.17. The number of hydrogen-bond acceptors (Lipinski definition) is 10. The largest absolute Gasteiger partial charge is 0.489 e. The van der Waals surface area contributed by atoms with Crippen molar-refractivity contribution in [3.63, 3.8) is 0 Å². The number of benzene rings is 1. The van der Waals surface area contributed by atoms with E-state index in [0.29, 0.717) is 36.3 Å². The minimum Gasteiger partial charge on any atom is -0.489 e. The van der Waals surface area contributed by atoms with Gasteiger partial charge in [-0.25, -0.2) is 9.19 Å². The number of nitrogens with one attached hydrogen (secondary N) is 1. The highest BCUT2D eigenvalue weighted by Gasteiger charge is 2.45. The SMILES string of the molecule is COc1nn(C)cc1C(=O)NS1(=O)=NC(=O)c2ccc3c(n2)N(C[C@@H]2CC[C@H]2[C@@H](OC)/C=C/[C@H](OC)[C@H](C)C1)C[C@@]1(CCCc2cc(Cl)ccc21)CO3. The van der Waals surface area contributed by atoms with Gasteiger partial charge >= 0.3 is 5.91 Å². The van der Waals surface area contributed by atoms with Crippen LogP contribution in [0.25, 0.3) is 0 Å². The summed E-state index contributed by atoms with van der Waals surface area (Å²) in [5, 5.41) is 4.86. The third-order valence-corrected chi connectivity index (χ3v) is 13.4. The first-order valence-electron chi connectivity index (χ1n) is 18.1. The van der Waals surface area contributed by atoms with Gasteiger partial charge in [0.1, 0.15) is 21.2 Å². The number of aromatic nitrogens is 3. The first-order chi connectivity index (χ1) is 25.4. The minimum absolute atomic E-state index is 0.00656. The maximum absolute atomic E-state index is 14.7. The maximum Gasteiger partial charge on any atom is 0.305 e. The number of hydrogen-bond donors (Lipinski definition) is 1. The third kappa shape index (κ3) is 7.43. The Hall–Kier alpha value is -3.98. The van der Waals surface area contributed by atoms with E-state index in [1.165, 1.54) is 29.1 Å². The molecule has 4 aliphatic rings. The molecule has 7 rings (SSSR count). The number of carbonyl (C=O) groups is 2. The monoisotopic (exact) mass is 766 g/mol. The molecule has 13 nitrogen and oxygen atoms in total. The highest BCUT2D eigenvalue weighted by molar-refractivity contribution is 7.92. The number of rotatable bonds is 5. The fourth-order valence-electron chi connectivity index (χ4n) is 8.46. The van der Waals surface area contributed by atoms with Crippen LogP contribution in [0.3, 0.4) is 0 Å². The molecule has 1 aromatic carbocycles. The van der Waals surface area contributed by atoms with Gasteiger partial charge in [-0.1, -0.05) is 36.7 Å². The molecule has 2 amide bonds.